The van der Waals surface area contributed by atoms with Crippen molar-refractivity contribution in [2.24, 2.45) is 0 Å². The van der Waals surface area contributed by atoms with E-state index in [0.29, 0.717) is 0 Å². The van der Waals surface area contributed by atoms with Crippen LogP contribution >= 0.6 is 0 Å². The number of oxazole rings is 1. The fraction of sp³-hybridized carbons (Fsp3) is 0.0667. The molecule has 112 valence electrons. The Morgan fingerprint density at radius 1 is 1.14 bits per heavy atom. The Balaban J connectivity index is 2.15. The summed E-state index contributed by atoms with van der Waals surface area (Å²) >= 11 is 0. The third-order valence-electron chi connectivity index (χ3n) is 3.09. The molecule has 7 heteroatoms. The Morgan fingerprint density at radius 3 is 2.55 bits per heavy atom. The molecule has 0 aliphatic carbocycles. The van der Waals surface area contributed by atoms with Crippen LogP contribution in [-0.2, 0) is 6.18 Å². The van der Waals surface area contributed by atoms with E-state index in [9.17, 15) is 18.0 Å². The number of hydrogen-bond acceptors (Lipinski definition) is 3. The molecule has 1 aromatic heterocycles. The summed E-state index contributed by atoms with van der Waals surface area (Å²) in [6, 6.07) is 8.84. The number of fused-ring (bicyclic) bond motifs is 1. The molecular formula is C15H8F3NO3. The van der Waals surface area contributed by atoms with Crippen molar-refractivity contribution in [3.63, 3.8) is 0 Å². The first-order chi connectivity index (χ1) is 10.4. The van der Waals surface area contributed by atoms with Crippen LogP contribution in [0.2, 0.25) is 0 Å². The summed E-state index contributed by atoms with van der Waals surface area (Å²) in [4.78, 5) is 15.1. The molecule has 3 rings (SSSR count). The van der Waals surface area contributed by atoms with Crippen LogP contribution in [0.1, 0.15) is 15.9 Å². The van der Waals surface area contributed by atoms with Crippen LogP contribution in [0.4, 0.5) is 13.2 Å². The topological polar surface area (TPSA) is 63.3 Å². The molecule has 0 spiro atoms. The summed E-state index contributed by atoms with van der Waals surface area (Å²) in [6.07, 6.45) is -4.48. The number of halogens is 3. The molecule has 22 heavy (non-hydrogen) atoms. The Labute approximate surface area is 121 Å². The van der Waals surface area contributed by atoms with Crippen molar-refractivity contribution in [1.29, 1.82) is 0 Å². The van der Waals surface area contributed by atoms with Gasteiger partial charge < -0.3 is 9.52 Å². The van der Waals surface area contributed by atoms with Crippen molar-refractivity contribution < 1.29 is 27.5 Å². The highest BCUT2D eigenvalue weighted by Crippen LogP contribution is 2.33. The number of hydrogen-bond donors (Lipinski definition) is 1. The van der Waals surface area contributed by atoms with E-state index in [1.54, 1.807) is 0 Å². The van der Waals surface area contributed by atoms with Crippen LogP contribution < -0.4 is 0 Å². The van der Waals surface area contributed by atoms with Crippen molar-refractivity contribution in [1.82, 2.24) is 4.98 Å². The number of alkyl halides is 3. The maximum Gasteiger partial charge on any atom is 0.416 e. The van der Waals surface area contributed by atoms with Gasteiger partial charge in [-0.25, -0.2) is 9.78 Å². The van der Waals surface area contributed by atoms with Crippen LogP contribution in [0, 0.1) is 0 Å². The summed E-state index contributed by atoms with van der Waals surface area (Å²) < 4.78 is 43.6. The Kier molecular flexibility index (Phi) is 3.13. The molecule has 4 nitrogen and oxygen atoms in total. The fourth-order valence-corrected chi connectivity index (χ4v) is 2.07. The maximum atomic E-state index is 12.7. The minimum atomic E-state index is -4.48. The summed E-state index contributed by atoms with van der Waals surface area (Å²) in [5, 5.41) is 9.08. The smallest absolute Gasteiger partial charge is 0.416 e. The second-order valence-corrected chi connectivity index (χ2v) is 4.56. The summed E-state index contributed by atoms with van der Waals surface area (Å²) in [6.45, 7) is 0. The summed E-state index contributed by atoms with van der Waals surface area (Å²) in [5.74, 6) is -1.25. The van der Waals surface area contributed by atoms with E-state index in [2.05, 4.69) is 4.98 Å². The Hall–Kier alpha value is -2.83. The van der Waals surface area contributed by atoms with Gasteiger partial charge in [0.15, 0.2) is 5.58 Å². The minimum Gasteiger partial charge on any atom is -0.478 e. The Morgan fingerprint density at radius 2 is 1.86 bits per heavy atom. The number of aromatic carboxylic acids is 1. The van der Waals surface area contributed by atoms with Crippen LogP contribution in [0.3, 0.4) is 0 Å². The van der Waals surface area contributed by atoms with E-state index in [1.807, 2.05) is 0 Å². The first-order valence-electron chi connectivity index (χ1n) is 6.17. The number of benzene rings is 2. The lowest BCUT2D eigenvalue weighted by Gasteiger charge is -2.06. The predicted molar refractivity (Wildman–Crippen MR) is 71.4 cm³/mol. The molecule has 2 aromatic carbocycles. The lowest BCUT2D eigenvalue weighted by Crippen LogP contribution is -2.04. The molecule has 1 N–H and O–H groups in total. The molecule has 0 atom stereocenters. The SMILES string of the molecule is O=C(O)c1cccc2oc(-c3cccc(C(F)(F)F)c3)nc12. The van der Waals surface area contributed by atoms with Gasteiger partial charge >= 0.3 is 12.1 Å². The molecule has 0 saturated carbocycles. The number of carboxylic acid groups (broad SMARTS) is 1. The summed E-state index contributed by atoms with van der Waals surface area (Å²) in [7, 11) is 0. The Bertz CT molecular complexity index is 868. The zero-order valence-corrected chi connectivity index (χ0v) is 10.9. The number of para-hydroxylation sites is 1. The van der Waals surface area contributed by atoms with E-state index in [4.69, 9.17) is 9.52 Å². The highest BCUT2D eigenvalue weighted by Gasteiger charge is 2.30. The first-order valence-corrected chi connectivity index (χ1v) is 6.17. The van der Waals surface area contributed by atoms with Crippen LogP contribution in [0.5, 0.6) is 0 Å². The fourth-order valence-electron chi connectivity index (χ4n) is 2.07. The molecule has 0 amide bonds. The summed E-state index contributed by atoms with van der Waals surface area (Å²) in [5.41, 5.74) is -0.470. The van der Waals surface area contributed by atoms with Gasteiger partial charge in [0.1, 0.15) is 5.52 Å². The van der Waals surface area contributed by atoms with Gasteiger partial charge in [0, 0.05) is 5.56 Å². The molecular weight excluding hydrogens is 299 g/mol. The number of carbonyl (C=O) groups is 1. The lowest BCUT2D eigenvalue weighted by molar-refractivity contribution is -0.137. The maximum absolute atomic E-state index is 12.7. The molecule has 0 radical (unpaired) electrons. The average Bonchev–Trinajstić information content (AvgIpc) is 2.90. The van der Waals surface area contributed by atoms with Gasteiger partial charge in [-0.1, -0.05) is 12.1 Å². The number of rotatable bonds is 2. The molecule has 0 aliphatic heterocycles. The van der Waals surface area contributed by atoms with Gasteiger partial charge in [-0.05, 0) is 30.3 Å². The van der Waals surface area contributed by atoms with Crippen molar-refractivity contribution in [3.8, 4) is 11.5 Å². The van der Waals surface area contributed by atoms with Gasteiger partial charge in [-0.2, -0.15) is 13.2 Å². The molecule has 0 fully saturated rings. The van der Waals surface area contributed by atoms with E-state index in [1.165, 1.54) is 30.3 Å². The van der Waals surface area contributed by atoms with E-state index in [-0.39, 0.29) is 28.1 Å². The largest absolute Gasteiger partial charge is 0.478 e. The average molecular weight is 307 g/mol. The standard InChI is InChI=1S/C15H8F3NO3/c16-15(17,18)9-4-1-3-8(7-9)13-19-12-10(14(20)21)5-2-6-11(12)22-13/h1-7H,(H,20,21). The third kappa shape index (κ3) is 2.41. The van der Waals surface area contributed by atoms with Crippen LogP contribution in [0.25, 0.3) is 22.6 Å². The number of carboxylic acids is 1. The molecule has 0 unspecified atom stereocenters. The van der Waals surface area contributed by atoms with Crippen LogP contribution in [0.15, 0.2) is 46.9 Å². The lowest BCUT2D eigenvalue weighted by atomic mass is 10.1. The first kappa shape index (κ1) is 14.1. The number of nitrogens with zero attached hydrogens (tertiary/aromatic N) is 1. The molecule has 1 heterocycles. The normalized spacial score (nSPS) is 11.8. The third-order valence-corrected chi connectivity index (χ3v) is 3.09. The zero-order valence-electron chi connectivity index (χ0n) is 10.9. The second-order valence-electron chi connectivity index (χ2n) is 4.56. The zero-order chi connectivity index (χ0) is 15.9. The van der Waals surface area contributed by atoms with Gasteiger partial charge in [0.2, 0.25) is 5.89 Å². The minimum absolute atomic E-state index is 0.0604. The highest BCUT2D eigenvalue weighted by atomic mass is 19.4. The van der Waals surface area contributed by atoms with Crippen molar-refractivity contribution >= 4 is 17.1 Å². The van der Waals surface area contributed by atoms with Crippen LogP contribution in [-0.4, -0.2) is 16.1 Å². The highest BCUT2D eigenvalue weighted by molar-refractivity contribution is 6.00. The van der Waals surface area contributed by atoms with E-state index in [0.717, 1.165) is 12.1 Å². The number of aromatic nitrogens is 1. The van der Waals surface area contributed by atoms with Crippen molar-refractivity contribution in [3.05, 3.63) is 53.6 Å². The van der Waals surface area contributed by atoms with Gasteiger partial charge in [-0.3, -0.25) is 0 Å². The molecule has 0 bridgehead atoms. The van der Waals surface area contributed by atoms with Crippen molar-refractivity contribution in [2.75, 3.05) is 0 Å². The quantitative estimate of drug-likeness (QED) is 0.770. The van der Waals surface area contributed by atoms with E-state index >= 15 is 0 Å². The molecule has 0 aliphatic rings. The molecule has 0 saturated heterocycles. The van der Waals surface area contributed by atoms with Gasteiger partial charge in [-0.15, -0.1) is 0 Å². The van der Waals surface area contributed by atoms with Crippen molar-refractivity contribution in [2.45, 2.75) is 6.18 Å². The second kappa shape index (κ2) is 4.87. The van der Waals surface area contributed by atoms with Gasteiger partial charge in [0.25, 0.3) is 0 Å². The van der Waals surface area contributed by atoms with Gasteiger partial charge in [0.05, 0.1) is 11.1 Å². The molecule has 3 aromatic rings. The monoisotopic (exact) mass is 307 g/mol. The van der Waals surface area contributed by atoms with E-state index < -0.39 is 17.7 Å². The predicted octanol–water partition coefficient (Wildman–Crippen LogP) is 4.21.